The summed E-state index contributed by atoms with van der Waals surface area (Å²) in [5.41, 5.74) is 1.45. The van der Waals surface area contributed by atoms with E-state index < -0.39 is 0 Å². The van der Waals surface area contributed by atoms with Crippen molar-refractivity contribution in [1.29, 1.82) is 0 Å². The van der Waals surface area contributed by atoms with Gasteiger partial charge in [-0.3, -0.25) is 4.99 Å². The van der Waals surface area contributed by atoms with Crippen LogP contribution in [0.3, 0.4) is 0 Å². The number of aliphatic imine (C=N–C) groups is 1. The van der Waals surface area contributed by atoms with Crippen LogP contribution in [0.5, 0.6) is 11.5 Å². The van der Waals surface area contributed by atoms with E-state index in [0.29, 0.717) is 13.2 Å². The Morgan fingerprint density at radius 3 is 2.84 bits per heavy atom. The minimum Gasteiger partial charge on any atom is -0.486 e. The average Bonchev–Trinajstić information content (AvgIpc) is 2.65. The summed E-state index contributed by atoms with van der Waals surface area (Å²) >= 11 is 0. The summed E-state index contributed by atoms with van der Waals surface area (Å²) in [5, 5.41) is 6.63. The number of nitrogens with zero attached hydrogens (tertiary/aromatic N) is 1. The molecule has 0 fully saturated rings. The van der Waals surface area contributed by atoms with Crippen molar-refractivity contribution in [3.63, 3.8) is 0 Å². The van der Waals surface area contributed by atoms with Crippen molar-refractivity contribution in [3.8, 4) is 11.5 Å². The molecule has 0 radical (unpaired) electrons. The molecule has 1 aromatic carbocycles. The first-order valence-corrected chi connectivity index (χ1v) is 8.44. The Labute approximate surface area is 166 Å². The van der Waals surface area contributed by atoms with E-state index in [1.165, 1.54) is 5.57 Å². The molecular formula is C18H26IN3O3. The van der Waals surface area contributed by atoms with Crippen molar-refractivity contribution in [3.05, 3.63) is 35.9 Å². The lowest BCUT2D eigenvalue weighted by Gasteiger charge is -2.27. The van der Waals surface area contributed by atoms with Crippen molar-refractivity contribution in [2.24, 2.45) is 4.99 Å². The number of halogens is 1. The van der Waals surface area contributed by atoms with E-state index in [1.807, 2.05) is 24.3 Å². The van der Waals surface area contributed by atoms with Gasteiger partial charge in [0.25, 0.3) is 0 Å². The third kappa shape index (κ3) is 6.07. The number of benzene rings is 1. The maximum atomic E-state index is 5.93. The molecule has 3 rings (SSSR count). The quantitative estimate of drug-likeness (QED) is 0.307. The molecule has 25 heavy (non-hydrogen) atoms. The monoisotopic (exact) mass is 459 g/mol. The number of guanidine groups is 1. The fraction of sp³-hybridized carbons (Fsp3) is 0.500. The summed E-state index contributed by atoms with van der Waals surface area (Å²) < 4.78 is 17.0. The summed E-state index contributed by atoms with van der Waals surface area (Å²) in [4.78, 5) is 4.25. The third-order valence-corrected chi connectivity index (χ3v) is 4.08. The lowest BCUT2D eigenvalue weighted by molar-refractivity contribution is 0.0936. The van der Waals surface area contributed by atoms with Gasteiger partial charge in [0.2, 0.25) is 0 Å². The molecule has 2 heterocycles. The third-order valence-electron chi connectivity index (χ3n) is 4.08. The van der Waals surface area contributed by atoms with Crippen LogP contribution in [0.2, 0.25) is 0 Å². The standard InChI is InChI=1S/C18H25N3O3.HI/c1-19-18(20-9-6-14-7-10-22-11-8-14)21-12-15-13-23-16-4-2-3-5-17(16)24-15;/h2-5,7,15H,6,8-13H2,1H3,(H2,19,20,21);1H. The Balaban J connectivity index is 0.00000225. The van der Waals surface area contributed by atoms with Crippen LogP contribution in [0.1, 0.15) is 12.8 Å². The maximum Gasteiger partial charge on any atom is 0.191 e. The summed E-state index contributed by atoms with van der Waals surface area (Å²) in [6, 6.07) is 7.74. The number of hydrogen-bond acceptors (Lipinski definition) is 4. The molecule has 6 nitrogen and oxygen atoms in total. The van der Waals surface area contributed by atoms with Crippen LogP contribution in [0.25, 0.3) is 0 Å². The van der Waals surface area contributed by atoms with Crippen LogP contribution < -0.4 is 20.1 Å². The first-order valence-electron chi connectivity index (χ1n) is 8.44. The predicted molar refractivity (Wildman–Crippen MR) is 109 cm³/mol. The van der Waals surface area contributed by atoms with Gasteiger partial charge < -0.3 is 24.8 Å². The van der Waals surface area contributed by atoms with Crippen molar-refractivity contribution in [2.75, 3.05) is 40.0 Å². The number of ether oxygens (including phenoxy) is 3. The zero-order valence-electron chi connectivity index (χ0n) is 14.5. The fourth-order valence-electron chi connectivity index (χ4n) is 2.73. The van der Waals surface area contributed by atoms with E-state index in [4.69, 9.17) is 14.2 Å². The molecule has 0 amide bonds. The van der Waals surface area contributed by atoms with E-state index in [2.05, 4.69) is 21.7 Å². The fourth-order valence-corrected chi connectivity index (χ4v) is 2.73. The van der Waals surface area contributed by atoms with Gasteiger partial charge in [-0.05, 0) is 25.0 Å². The number of para-hydroxylation sites is 2. The molecule has 0 spiro atoms. The van der Waals surface area contributed by atoms with Crippen molar-refractivity contribution in [2.45, 2.75) is 18.9 Å². The second kappa shape index (κ2) is 10.5. The van der Waals surface area contributed by atoms with Gasteiger partial charge in [0.15, 0.2) is 17.5 Å². The van der Waals surface area contributed by atoms with Gasteiger partial charge in [0.1, 0.15) is 12.7 Å². The normalized spacial score (nSPS) is 19.5. The minimum absolute atomic E-state index is 0. The van der Waals surface area contributed by atoms with E-state index in [1.54, 1.807) is 7.05 Å². The highest BCUT2D eigenvalue weighted by molar-refractivity contribution is 14.0. The number of fused-ring (bicyclic) bond motifs is 1. The SMILES string of the molecule is CN=C(NCCC1=CCOCC1)NCC1COc2ccccc2O1.I. The maximum absolute atomic E-state index is 5.93. The molecule has 2 aliphatic rings. The van der Waals surface area contributed by atoms with Gasteiger partial charge in [0.05, 0.1) is 19.8 Å². The molecule has 1 unspecified atom stereocenters. The summed E-state index contributed by atoms with van der Waals surface area (Å²) in [6.45, 7) is 3.61. The smallest absolute Gasteiger partial charge is 0.191 e. The molecule has 2 aliphatic heterocycles. The van der Waals surface area contributed by atoms with Gasteiger partial charge in [-0.15, -0.1) is 24.0 Å². The van der Waals surface area contributed by atoms with E-state index in [-0.39, 0.29) is 30.1 Å². The predicted octanol–water partition coefficient (Wildman–Crippen LogP) is 2.35. The van der Waals surface area contributed by atoms with E-state index in [0.717, 1.165) is 50.1 Å². The Morgan fingerprint density at radius 1 is 1.24 bits per heavy atom. The van der Waals surface area contributed by atoms with Crippen LogP contribution in [0.15, 0.2) is 40.9 Å². The zero-order chi connectivity index (χ0) is 16.6. The second-order valence-corrected chi connectivity index (χ2v) is 5.81. The highest BCUT2D eigenvalue weighted by Crippen LogP contribution is 2.30. The number of hydrogen-bond donors (Lipinski definition) is 2. The lowest BCUT2D eigenvalue weighted by Crippen LogP contribution is -2.45. The van der Waals surface area contributed by atoms with Crippen LogP contribution in [0.4, 0.5) is 0 Å². The van der Waals surface area contributed by atoms with Gasteiger partial charge >= 0.3 is 0 Å². The van der Waals surface area contributed by atoms with Crippen molar-refractivity contribution < 1.29 is 14.2 Å². The van der Waals surface area contributed by atoms with E-state index in [9.17, 15) is 0 Å². The molecule has 0 saturated carbocycles. The Bertz CT molecular complexity index is 607. The van der Waals surface area contributed by atoms with Crippen molar-refractivity contribution in [1.82, 2.24) is 10.6 Å². The van der Waals surface area contributed by atoms with Crippen molar-refractivity contribution >= 4 is 29.9 Å². The molecule has 0 bridgehead atoms. The minimum atomic E-state index is -0.0309. The van der Waals surface area contributed by atoms with Crippen LogP contribution in [0, 0.1) is 0 Å². The molecular weight excluding hydrogens is 433 g/mol. The van der Waals surface area contributed by atoms with Gasteiger partial charge in [-0.1, -0.05) is 23.8 Å². The number of rotatable bonds is 5. The molecule has 0 aliphatic carbocycles. The molecule has 0 aromatic heterocycles. The summed E-state index contributed by atoms with van der Waals surface area (Å²) in [7, 11) is 1.77. The molecule has 7 heteroatoms. The zero-order valence-corrected chi connectivity index (χ0v) is 16.8. The highest BCUT2D eigenvalue weighted by atomic mass is 127. The Hall–Kier alpha value is -1.48. The largest absolute Gasteiger partial charge is 0.486 e. The molecule has 1 atom stereocenters. The number of nitrogens with one attached hydrogen (secondary N) is 2. The lowest BCUT2D eigenvalue weighted by atomic mass is 10.1. The average molecular weight is 459 g/mol. The first-order chi connectivity index (χ1) is 11.8. The van der Waals surface area contributed by atoms with Gasteiger partial charge in [0, 0.05) is 13.6 Å². The van der Waals surface area contributed by atoms with Crippen LogP contribution in [-0.2, 0) is 4.74 Å². The summed E-state index contributed by atoms with van der Waals surface area (Å²) in [5.74, 6) is 2.39. The Morgan fingerprint density at radius 2 is 2.08 bits per heavy atom. The highest BCUT2D eigenvalue weighted by Gasteiger charge is 2.20. The van der Waals surface area contributed by atoms with E-state index >= 15 is 0 Å². The van der Waals surface area contributed by atoms with Crippen LogP contribution in [-0.4, -0.2) is 52.0 Å². The van der Waals surface area contributed by atoms with Gasteiger partial charge in [-0.25, -0.2) is 0 Å². The molecule has 0 saturated heterocycles. The first kappa shape index (κ1) is 19.8. The summed E-state index contributed by atoms with van der Waals surface area (Å²) in [6.07, 6.45) is 4.18. The second-order valence-electron chi connectivity index (χ2n) is 5.81. The topological polar surface area (TPSA) is 64.1 Å². The van der Waals surface area contributed by atoms with Gasteiger partial charge in [-0.2, -0.15) is 0 Å². The molecule has 138 valence electrons. The molecule has 1 aromatic rings. The Kier molecular flexibility index (Phi) is 8.33. The molecule has 2 N–H and O–H groups in total. The van der Waals surface area contributed by atoms with Crippen LogP contribution >= 0.6 is 24.0 Å².